The Kier molecular flexibility index (Phi) is 5.85. The lowest BCUT2D eigenvalue weighted by Crippen LogP contribution is -2.30. The van der Waals surface area contributed by atoms with Crippen molar-refractivity contribution < 1.29 is 0 Å². The lowest BCUT2D eigenvalue weighted by atomic mass is 10.00. The molecule has 1 unspecified atom stereocenters. The van der Waals surface area contributed by atoms with Crippen molar-refractivity contribution in [2.75, 3.05) is 7.05 Å². The SMILES string of the molecule is CNC(Cc1cncc(Br)c1)Cc1c(Cl)cccc1Cl. The van der Waals surface area contributed by atoms with Gasteiger partial charge in [0.05, 0.1) is 0 Å². The number of nitrogens with zero attached hydrogens (tertiary/aromatic N) is 1. The van der Waals surface area contributed by atoms with Crippen LogP contribution in [0.4, 0.5) is 0 Å². The molecule has 0 spiro atoms. The molecule has 0 saturated heterocycles. The van der Waals surface area contributed by atoms with E-state index in [9.17, 15) is 0 Å². The maximum atomic E-state index is 6.23. The van der Waals surface area contributed by atoms with Crippen molar-refractivity contribution in [1.82, 2.24) is 10.3 Å². The van der Waals surface area contributed by atoms with Gasteiger partial charge < -0.3 is 5.32 Å². The molecule has 0 saturated carbocycles. The monoisotopic (exact) mass is 372 g/mol. The van der Waals surface area contributed by atoms with E-state index in [4.69, 9.17) is 23.2 Å². The molecule has 2 nitrogen and oxygen atoms in total. The first-order chi connectivity index (χ1) is 9.60. The first kappa shape index (κ1) is 15.8. The van der Waals surface area contributed by atoms with Gasteiger partial charge in [-0.05, 0) is 65.1 Å². The van der Waals surface area contributed by atoms with E-state index in [-0.39, 0.29) is 6.04 Å². The predicted octanol–water partition coefficient (Wildman–Crippen LogP) is 4.52. The van der Waals surface area contributed by atoms with E-state index in [1.54, 1.807) is 6.20 Å². The van der Waals surface area contributed by atoms with Crippen LogP contribution >= 0.6 is 39.1 Å². The molecule has 0 aliphatic rings. The molecule has 0 aliphatic heterocycles. The number of rotatable bonds is 5. The molecule has 1 atom stereocenters. The summed E-state index contributed by atoms with van der Waals surface area (Å²) in [5.74, 6) is 0. The molecule has 106 valence electrons. The number of hydrogen-bond acceptors (Lipinski definition) is 2. The number of aromatic nitrogens is 1. The summed E-state index contributed by atoms with van der Waals surface area (Å²) in [6.45, 7) is 0. The van der Waals surface area contributed by atoms with Gasteiger partial charge in [-0.25, -0.2) is 0 Å². The minimum Gasteiger partial charge on any atom is -0.316 e. The first-order valence-corrected chi connectivity index (χ1v) is 7.84. The summed E-state index contributed by atoms with van der Waals surface area (Å²) in [6, 6.07) is 7.93. The highest BCUT2D eigenvalue weighted by molar-refractivity contribution is 9.10. The van der Waals surface area contributed by atoms with Crippen molar-refractivity contribution in [3.8, 4) is 0 Å². The van der Waals surface area contributed by atoms with Gasteiger partial charge in [-0.1, -0.05) is 29.3 Å². The summed E-state index contributed by atoms with van der Waals surface area (Å²) in [5, 5.41) is 4.74. The topological polar surface area (TPSA) is 24.9 Å². The Labute approximate surface area is 137 Å². The van der Waals surface area contributed by atoms with Crippen LogP contribution in [-0.2, 0) is 12.8 Å². The Balaban J connectivity index is 2.13. The number of nitrogens with one attached hydrogen (secondary N) is 1. The van der Waals surface area contributed by atoms with Crippen molar-refractivity contribution in [3.05, 3.63) is 62.3 Å². The molecule has 1 aromatic heterocycles. The van der Waals surface area contributed by atoms with Crippen LogP contribution in [0, 0.1) is 0 Å². The molecule has 1 heterocycles. The predicted molar refractivity (Wildman–Crippen MR) is 88.7 cm³/mol. The van der Waals surface area contributed by atoms with Crippen LogP contribution in [0.2, 0.25) is 10.0 Å². The summed E-state index contributed by atoms with van der Waals surface area (Å²) in [4.78, 5) is 4.19. The molecular formula is C15H15BrCl2N2. The molecule has 2 aromatic rings. The van der Waals surface area contributed by atoms with E-state index in [0.29, 0.717) is 10.0 Å². The van der Waals surface area contributed by atoms with Gasteiger partial charge in [-0.15, -0.1) is 0 Å². The second-order valence-electron chi connectivity index (χ2n) is 4.61. The molecule has 1 N–H and O–H groups in total. The van der Waals surface area contributed by atoms with Gasteiger partial charge in [0.25, 0.3) is 0 Å². The van der Waals surface area contributed by atoms with Crippen LogP contribution in [0.5, 0.6) is 0 Å². The summed E-state index contributed by atoms with van der Waals surface area (Å²) in [6.07, 6.45) is 5.30. The second-order valence-corrected chi connectivity index (χ2v) is 6.34. The van der Waals surface area contributed by atoms with Crippen molar-refractivity contribution in [2.24, 2.45) is 0 Å². The molecule has 5 heteroatoms. The molecule has 2 rings (SSSR count). The van der Waals surface area contributed by atoms with Crippen LogP contribution in [0.1, 0.15) is 11.1 Å². The van der Waals surface area contributed by atoms with Gasteiger partial charge >= 0.3 is 0 Å². The number of benzene rings is 1. The van der Waals surface area contributed by atoms with Crippen LogP contribution in [-0.4, -0.2) is 18.1 Å². The van der Waals surface area contributed by atoms with Crippen LogP contribution in [0.15, 0.2) is 41.1 Å². The largest absolute Gasteiger partial charge is 0.316 e. The first-order valence-electron chi connectivity index (χ1n) is 6.29. The fourth-order valence-corrected chi connectivity index (χ4v) is 3.07. The van der Waals surface area contributed by atoms with Gasteiger partial charge in [0.1, 0.15) is 0 Å². The maximum absolute atomic E-state index is 6.23. The van der Waals surface area contributed by atoms with E-state index in [1.165, 1.54) is 5.56 Å². The summed E-state index contributed by atoms with van der Waals surface area (Å²) < 4.78 is 0.987. The third-order valence-electron chi connectivity index (χ3n) is 3.16. The van der Waals surface area contributed by atoms with Crippen molar-refractivity contribution in [3.63, 3.8) is 0 Å². The van der Waals surface area contributed by atoms with Gasteiger partial charge in [0.2, 0.25) is 0 Å². The molecule has 0 radical (unpaired) electrons. The molecular weight excluding hydrogens is 359 g/mol. The lowest BCUT2D eigenvalue weighted by molar-refractivity contribution is 0.556. The minimum atomic E-state index is 0.253. The lowest BCUT2D eigenvalue weighted by Gasteiger charge is -2.18. The smallest absolute Gasteiger partial charge is 0.0453 e. The summed E-state index contributed by atoms with van der Waals surface area (Å²) in [5.41, 5.74) is 2.15. The number of pyridine rings is 1. The van der Waals surface area contributed by atoms with E-state index in [2.05, 4.69) is 32.3 Å². The standard InChI is InChI=1S/C15H15BrCl2N2/c1-19-12(6-10-5-11(16)9-20-8-10)7-13-14(17)3-2-4-15(13)18/h2-5,8-9,12,19H,6-7H2,1H3. The second kappa shape index (κ2) is 7.41. The molecule has 0 amide bonds. The van der Waals surface area contributed by atoms with Crippen LogP contribution in [0.3, 0.4) is 0 Å². The van der Waals surface area contributed by atoms with E-state index >= 15 is 0 Å². The summed E-state index contributed by atoms with van der Waals surface area (Å²) >= 11 is 15.9. The average molecular weight is 374 g/mol. The van der Waals surface area contributed by atoms with Crippen molar-refractivity contribution in [2.45, 2.75) is 18.9 Å². The molecule has 0 aliphatic carbocycles. The third kappa shape index (κ3) is 4.19. The van der Waals surface area contributed by atoms with Crippen molar-refractivity contribution in [1.29, 1.82) is 0 Å². The zero-order valence-electron chi connectivity index (χ0n) is 11.0. The minimum absolute atomic E-state index is 0.253. The van der Waals surface area contributed by atoms with Gasteiger partial charge in [-0.2, -0.15) is 0 Å². The zero-order valence-corrected chi connectivity index (χ0v) is 14.1. The van der Waals surface area contributed by atoms with E-state index in [1.807, 2.05) is 31.4 Å². The highest BCUT2D eigenvalue weighted by Crippen LogP contribution is 2.26. The number of hydrogen-bond donors (Lipinski definition) is 1. The molecule has 1 aromatic carbocycles. The van der Waals surface area contributed by atoms with Crippen LogP contribution < -0.4 is 5.32 Å². The number of likely N-dealkylation sites (N-methyl/N-ethyl adjacent to an activating group) is 1. The Bertz CT molecular complexity index is 570. The molecule has 0 fully saturated rings. The fourth-order valence-electron chi connectivity index (χ4n) is 2.10. The quantitative estimate of drug-likeness (QED) is 0.833. The Morgan fingerprint density at radius 1 is 1.20 bits per heavy atom. The van der Waals surface area contributed by atoms with Crippen LogP contribution in [0.25, 0.3) is 0 Å². The highest BCUT2D eigenvalue weighted by Gasteiger charge is 2.13. The van der Waals surface area contributed by atoms with Gasteiger partial charge in [0, 0.05) is 33.0 Å². The Hall–Kier alpha value is -0.610. The fraction of sp³-hybridized carbons (Fsp3) is 0.267. The normalized spacial score (nSPS) is 12.4. The Morgan fingerprint density at radius 3 is 2.50 bits per heavy atom. The Morgan fingerprint density at radius 2 is 1.90 bits per heavy atom. The van der Waals surface area contributed by atoms with E-state index < -0.39 is 0 Å². The molecule has 20 heavy (non-hydrogen) atoms. The number of halogens is 3. The third-order valence-corrected chi connectivity index (χ3v) is 4.31. The summed E-state index contributed by atoms with van der Waals surface area (Å²) in [7, 11) is 1.95. The molecule has 0 bridgehead atoms. The average Bonchev–Trinajstić information content (AvgIpc) is 2.42. The van der Waals surface area contributed by atoms with Gasteiger partial charge in [0.15, 0.2) is 0 Å². The van der Waals surface area contributed by atoms with Crippen molar-refractivity contribution >= 4 is 39.1 Å². The highest BCUT2D eigenvalue weighted by atomic mass is 79.9. The van der Waals surface area contributed by atoms with Gasteiger partial charge in [-0.3, -0.25) is 4.98 Å². The zero-order chi connectivity index (χ0) is 14.5. The van der Waals surface area contributed by atoms with E-state index in [0.717, 1.165) is 22.9 Å². The maximum Gasteiger partial charge on any atom is 0.0453 e.